The van der Waals surface area contributed by atoms with E-state index < -0.39 is 36.7 Å². The van der Waals surface area contributed by atoms with Crippen molar-refractivity contribution in [1.29, 1.82) is 0 Å². The van der Waals surface area contributed by atoms with Gasteiger partial charge in [-0.15, -0.1) is 0 Å². The highest BCUT2D eigenvalue weighted by Crippen LogP contribution is 2.39. The minimum atomic E-state index is -1.29. The van der Waals surface area contributed by atoms with Gasteiger partial charge < -0.3 is 19.7 Å². The molecular formula is C32H45NO6. The molecule has 1 amide bonds. The number of carboxylic acids is 1. The van der Waals surface area contributed by atoms with Gasteiger partial charge in [-0.25, -0.2) is 4.79 Å². The Morgan fingerprint density at radius 1 is 0.949 bits per heavy atom. The molecule has 3 rings (SSSR count). The van der Waals surface area contributed by atoms with Crippen LogP contribution in [0.5, 0.6) is 0 Å². The van der Waals surface area contributed by atoms with Gasteiger partial charge in [0.25, 0.3) is 0 Å². The lowest BCUT2D eigenvalue weighted by atomic mass is 9.82. The van der Waals surface area contributed by atoms with Crippen molar-refractivity contribution in [3.63, 3.8) is 0 Å². The summed E-state index contributed by atoms with van der Waals surface area (Å²) in [7, 11) is 0. The monoisotopic (exact) mass is 539 g/mol. The number of carbonyl (C=O) groups is 2. The quantitative estimate of drug-likeness (QED) is 0.328. The maximum absolute atomic E-state index is 13.1. The van der Waals surface area contributed by atoms with E-state index in [2.05, 4.69) is 53.7 Å². The molecular weight excluding hydrogens is 494 g/mol. The molecule has 0 spiro atoms. The number of aliphatic hydroxyl groups excluding tert-OH is 1. The Morgan fingerprint density at radius 3 is 2.05 bits per heavy atom. The van der Waals surface area contributed by atoms with Gasteiger partial charge in [-0.3, -0.25) is 9.69 Å². The molecule has 2 N–H and O–H groups in total. The first-order valence-electron chi connectivity index (χ1n) is 14.1. The van der Waals surface area contributed by atoms with E-state index in [0.717, 1.165) is 11.1 Å². The Bertz CT molecular complexity index is 1080. The van der Waals surface area contributed by atoms with E-state index in [1.807, 2.05) is 37.3 Å². The maximum atomic E-state index is 13.1. The second-order valence-corrected chi connectivity index (χ2v) is 11.6. The topological polar surface area (TPSA) is 96.3 Å². The van der Waals surface area contributed by atoms with Gasteiger partial charge in [0.05, 0.1) is 30.8 Å². The van der Waals surface area contributed by atoms with Crippen LogP contribution in [0.3, 0.4) is 0 Å². The molecule has 1 fully saturated rings. The van der Waals surface area contributed by atoms with Crippen molar-refractivity contribution in [2.45, 2.75) is 110 Å². The van der Waals surface area contributed by atoms with Gasteiger partial charge in [-0.05, 0) is 58.9 Å². The molecule has 7 nitrogen and oxygen atoms in total. The normalized spacial score (nSPS) is 19.1. The van der Waals surface area contributed by atoms with E-state index >= 15 is 0 Å². The van der Waals surface area contributed by atoms with Crippen LogP contribution in [0.4, 0.5) is 4.79 Å². The Hall–Kier alpha value is -2.90. The standard InChI is InChI=1S/C32H45NO6/c1-19(2)24-15-25(20(3)4)30(26(16-24)21(5)6)22(7)39-28-13-14-33(31(28)27(34)17-29(35)36)32(37)38-18-23-11-9-8-10-12-23/h8-12,15-16,19-22,27-28,31,34H,13-14,17-18H2,1-7H3,(H,35,36)/t22-,27-,28+,31+/m0/s1. The summed E-state index contributed by atoms with van der Waals surface area (Å²) in [6.07, 6.45) is -2.74. The summed E-state index contributed by atoms with van der Waals surface area (Å²) >= 11 is 0. The lowest BCUT2D eigenvalue weighted by Crippen LogP contribution is -2.49. The van der Waals surface area contributed by atoms with E-state index in [4.69, 9.17) is 9.47 Å². The maximum Gasteiger partial charge on any atom is 0.410 e. The number of hydrogen-bond acceptors (Lipinski definition) is 5. The Balaban J connectivity index is 1.89. The van der Waals surface area contributed by atoms with Crippen LogP contribution in [0.1, 0.15) is 113 Å². The summed E-state index contributed by atoms with van der Waals surface area (Å²) in [4.78, 5) is 26.0. The van der Waals surface area contributed by atoms with Crippen LogP contribution in [-0.4, -0.2) is 52.0 Å². The molecule has 0 saturated carbocycles. The van der Waals surface area contributed by atoms with Crippen LogP contribution in [0.25, 0.3) is 0 Å². The highest BCUT2D eigenvalue weighted by Gasteiger charge is 2.44. The molecule has 4 atom stereocenters. The van der Waals surface area contributed by atoms with Gasteiger partial charge in [-0.1, -0.05) is 84.0 Å². The molecule has 214 valence electrons. The largest absolute Gasteiger partial charge is 0.481 e. The summed E-state index contributed by atoms with van der Waals surface area (Å²) in [5, 5.41) is 20.3. The molecule has 0 unspecified atom stereocenters. The van der Waals surface area contributed by atoms with Crippen LogP contribution in [-0.2, 0) is 20.9 Å². The summed E-state index contributed by atoms with van der Waals surface area (Å²) in [6.45, 7) is 15.5. The fraction of sp³-hybridized carbons (Fsp3) is 0.562. The van der Waals surface area contributed by atoms with Crippen molar-refractivity contribution in [3.8, 4) is 0 Å². The lowest BCUT2D eigenvalue weighted by Gasteiger charge is -2.33. The second kappa shape index (κ2) is 13.4. The van der Waals surface area contributed by atoms with Gasteiger partial charge >= 0.3 is 12.1 Å². The summed E-state index contributed by atoms with van der Waals surface area (Å²) in [6, 6.07) is 13.1. The third kappa shape index (κ3) is 7.61. The minimum Gasteiger partial charge on any atom is -0.481 e. The fourth-order valence-corrected chi connectivity index (χ4v) is 5.52. The highest BCUT2D eigenvalue weighted by molar-refractivity contribution is 5.70. The van der Waals surface area contributed by atoms with Crippen LogP contribution >= 0.6 is 0 Å². The molecule has 39 heavy (non-hydrogen) atoms. The van der Waals surface area contributed by atoms with E-state index in [1.54, 1.807) is 0 Å². The van der Waals surface area contributed by atoms with E-state index in [9.17, 15) is 19.8 Å². The molecule has 1 aliphatic rings. The number of likely N-dealkylation sites (tertiary alicyclic amines) is 1. The predicted molar refractivity (Wildman–Crippen MR) is 152 cm³/mol. The van der Waals surface area contributed by atoms with Crippen molar-refractivity contribution < 1.29 is 29.3 Å². The molecule has 1 saturated heterocycles. The van der Waals surface area contributed by atoms with E-state index in [-0.39, 0.29) is 24.5 Å². The number of carbonyl (C=O) groups excluding carboxylic acids is 1. The zero-order valence-electron chi connectivity index (χ0n) is 24.4. The van der Waals surface area contributed by atoms with Gasteiger partial charge in [-0.2, -0.15) is 0 Å². The lowest BCUT2D eigenvalue weighted by molar-refractivity contribution is -0.141. The third-order valence-corrected chi connectivity index (χ3v) is 7.58. The molecule has 0 bridgehead atoms. The van der Waals surface area contributed by atoms with Gasteiger partial charge in [0.15, 0.2) is 0 Å². The zero-order chi connectivity index (χ0) is 28.9. The van der Waals surface area contributed by atoms with Crippen LogP contribution < -0.4 is 0 Å². The SMILES string of the molecule is CC(C)c1cc(C(C)C)c([C@H](C)O[C@@H]2CCN(C(=O)OCc3ccccc3)[C@@H]2[C@@H](O)CC(=O)O)c(C(C)C)c1. The first-order chi connectivity index (χ1) is 18.4. The number of rotatable bonds is 11. The van der Waals surface area contributed by atoms with Gasteiger partial charge in [0.2, 0.25) is 0 Å². The summed E-state index contributed by atoms with van der Waals surface area (Å²) < 4.78 is 12.2. The Morgan fingerprint density at radius 2 is 1.54 bits per heavy atom. The number of carboxylic acid groups (broad SMARTS) is 1. The fourth-order valence-electron chi connectivity index (χ4n) is 5.52. The van der Waals surface area contributed by atoms with Crippen molar-refractivity contribution >= 4 is 12.1 Å². The van der Waals surface area contributed by atoms with Crippen LogP contribution in [0.2, 0.25) is 0 Å². The molecule has 7 heteroatoms. The Kier molecular flexibility index (Phi) is 10.6. The van der Waals surface area contributed by atoms with Gasteiger partial charge in [0, 0.05) is 6.54 Å². The average Bonchev–Trinajstić information content (AvgIpc) is 3.30. The number of nitrogens with zero attached hydrogens (tertiary/aromatic N) is 1. The van der Waals surface area contributed by atoms with Crippen molar-refractivity contribution in [2.24, 2.45) is 0 Å². The zero-order valence-corrected chi connectivity index (χ0v) is 24.4. The second-order valence-electron chi connectivity index (χ2n) is 11.6. The molecule has 1 aliphatic heterocycles. The van der Waals surface area contributed by atoms with Crippen LogP contribution in [0, 0.1) is 0 Å². The molecule has 0 aromatic heterocycles. The summed E-state index contributed by atoms with van der Waals surface area (Å²) in [5.74, 6) is -0.175. The number of benzene rings is 2. The average molecular weight is 540 g/mol. The molecule has 1 heterocycles. The number of amides is 1. The molecule has 0 aliphatic carbocycles. The number of aliphatic carboxylic acids is 1. The van der Waals surface area contributed by atoms with Crippen molar-refractivity contribution in [1.82, 2.24) is 4.90 Å². The van der Waals surface area contributed by atoms with E-state index in [1.165, 1.54) is 21.6 Å². The molecule has 0 radical (unpaired) electrons. The number of aliphatic hydroxyl groups is 1. The number of hydrogen-bond donors (Lipinski definition) is 2. The third-order valence-electron chi connectivity index (χ3n) is 7.58. The smallest absolute Gasteiger partial charge is 0.410 e. The van der Waals surface area contributed by atoms with Crippen LogP contribution in [0.15, 0.2) is 42.5 Å². The number of ether oxygens (including phenoxy) is 2. The molecule has 2 aromatic rings. The highest BCUT2D eigenvalue weighted by atomic mass is 16.6. The Labute approximate surface area is 233 Å². The van der Waals surface area contributed by atoms with Gasteiger partial charge in [0.1, 0.15) is 6.61 Å². The first-order valence-corrected chi connectivity index (χ1v) is 14.1. The first kappa shape index (κ1) is 30.6. The summed E-state index contributed by atoms with van der Waals surface area (Å²) in [5.41, 5.74) is 5.75. The molecule has 2 aromatic carbocycles. The predicted octanol–water partition coefficient (Wildman–Crippen LogP) is 6.75. The van der Waals surface area contributed by atoms with E-state index in [0.29, 0.717) is 18.9 Å². The van der Waals surface area contributed by atoms with Crippen molar-refractivity contribution in [3.05, 3.63) is 70.3 Å². The minimum absolute atomic E-state index is 0.0948. The van der Waals surface area contributed by atoms with Crippen molar-refractivity contribution in [2.75, 3.05) is 6.54 Å².